The average Bonchev–Trinajstić information content (AvgIpc) is 3.38. The second-order valence-electron chi connectivity index (χ2n) is 7.31. The van der Waals surface area contributed by atoms with Crippen LogP contribution >= 0.6 is 0 Å². The van der Waals surface area contributed by atoms with Crippen molar-refractivity contribution in [2.24, 2.45) is 0 Å². The summed E-state index contributed by atoms with van der Waals surface area (Å²) in [4.78, 5) is 14.6. The van der Waals surface area contributed by atoms with Crippen molar-refractivity contribution in [1.82, 2.24) is 30.0 Å². The number of fused-ring (bicyclic) bond motifs is 1. The van der Waals surface area contributed by atoms with Gasteiger partial charge in [0.15, 0.2) is 0 Å². The molecule has 0 saturated carbocycles. The molecule has 0 spiro atoms. The molecule has 28 heavy (non-hydrogen) atoms. The fraction of sp³-hybridized carbons (Fsp3) is 0.227. The van der Waals surface area contributed by atoms with E-state index in [4.69, 9.17) is 0 Å². The van der Waals surface area contributed by atoms with Crippen molar-refractivity contribution in [2.75, 3.05) is 6.54 Å². The number of rotatable bonds is 4. The fourth-order valence-corrected chi connectivity index (χ4v) is 4.03. The zero-order valence-electron chi connectivity index (χ0n) is 15.8. The Balaban J connectivity index is 1.50. The average molecular weight is 370 g/mol. The summed E-state index contributed by atoms with van der Waals surface area (Å²) in [5.74, 6) is 0. The van der Waals surface area contributed by atoms with Crippen LogP contribution in [0.5, 0.6) is 0 Å². The molecule has 1 atom stereocenters. The van der Waals surface area contributed by atoms with Crippen LogP contribution in [0.1, 0.15) is 34.1 Å². The van der Waals surface area contributed by atoms with Crippen molar-refractivity contribution in [3.8, 4) is 11.3 Å². The van der Waals surface area contributed by atoms with E-state index in [0.29, 0.717) is 0 Å². The lowest BCUT2D eigenvalue weighted by Gasteiger charge is -2.35. The predicted octanol–water partition coefficient (Wildman–Crippen LogP) is 3.65. The number of nitrogens with zero attached hydrogens (tertiary/aromatic N) is 4. The van der Waals surface area contributed by atoms with E-state index in [-0.39, 0.29) is 6.04 Å². The Morgan fingerprint density at radius 1 is 1.11 bits per heavy atom. The molecule has 4 heterocycles. The van der Waals surface area contributed by atoms with Crippen LogP contribution in [0.4, 0.5) is 0 Å². The molecule has 1 unspecified atom stereocenters. The Morgan fingerprint density at radius 3 is 2.75 bits per heavy atom. The zero-order chi connectivity index (χ0) is 18.9. The number of imidazole rings is 1. The number of aromatic nitrogens is 5. The number of hydrogen-bond donors (Lipinski definition) is 2. The topological polar surface area (TPSA) is 73.5 Å². The highest BCUT2D eigenvalue weighted by Gasteiger charge is 2.31. The lowest BCUT2D eigenvalue weighted by atomic mass is 9.95. The van der Waals surface area contributed by atoms with Gasteiger partial charge in [-0.2, -0.15) is 5.10 Å². The van der Waals surface area contributed by atoms with Gasteiger partial charge in [0.2, 0.25) is 0 Å². The number of benzene rings is 1. The molecular formula is C22H22N6. The second-order valence-corrected chi connectivity index (χ2v) is 7.31. The Morgan fingerprint density at radius 2 is 1.93 bits per heavy atom. The molecule has 0 saturated heterocycles. The molecule has 6 nitrogen and oxygen atoms in total. The summed E-state index contributed by atoms with van der Waals surface area (Å²) in [6.45, 7) is 3.87. The van der Waals surface area contributed by atoms with Crippen LogP contribution in [0, 0.1) is 6.92 Å². The Labute approximate surface area is 163 Å². The van der Waals surface area contributed by atoms with Crippen molar-refractivity contribution in [2.45, 2.75) is 25.9 Å². The summed E-state index contributed by atoms with van der Waals surface area (Å²) in [5.41, 5.74) is 8.24. The summed E-state index contributed by atoms with van der Waals surface area (Å²) >= 11 is 0. The maximum atomic E-state index is 4.64. The predicted molar refractivity (Wildman–Crippen MR) is 108 cm³/mol. The van der Waals surface area contributed by atoms with Gasteiger partial charge in [-0.15, -0.1) is 0 Å². The number of nitrogens with one attached hydrogen (secondary N) is 2. The standard InChI is InChI=1S/C22H22N6/c1-15-2-4-16(5-3-15)20-18(12-26-27-20)13-28-11-8-19-21(25-14-24-19)22(28)17-6-9-23-10-7-17/h2-7,9-10,12,14,22H,8,11,13H2,1H3,(H,24,25)(H,26,27). The van der Waals surface area contributed by atoms with Gasteiger partial charge in [-0.1, -0.05) is 29.8 Å². The Bertz CT molecular complexity index is 1060. The first-order valence-corrected chi connectivity index (χ1v) is 9.55. The summed E-state index contributed by atoms with van der Waals surface area (Å²) in [5, 5.41) is 7.53. The first kappa shape index (κ1) is 16.9. The summed E-state index contributed by atoms with van der Waals surface area (Å²) < 4.78 is 0. The number of pyridine rings is 1. The SMILES string of the molecule is Cc1ccc(-c2[nH]ncc2CN2CCc3[nH]cnc3C2c2ccncc2)cc1. The summed E-state index contributed by atoms with van der Waals surface area (Å²) in [6.07, 6.45) is 8.42. The molecule has 0 radical (unpaired) electrons. The van der Waals surface area contributed by atoms with E-state index < -0.39 is 0 Å². The lowest BCUT2D eigenvalue weighted by molar-refractivity contribution is 0.200. The minimum atomic E-state index is 0.110. The van der Waals surface area contributed by atoms with Crippen LogP contribution in [0.15, 0.2) is 61.3 Å². The number of aryl methyl sites for hydroxylation is 1. The van der Waals surface area contributed by atoms with Gasteiger partial charge in [0, 0.05) is 43.2 Å². The van der Waals surface area contributed by atoms with Gasteiger partial charge in [0.1, 0.15) is 0 Å². The number of H-pyrrole nitrogens is 2. The van der Waals surface area contributed by atoms with E-state index in [2.05, 4.69) is 73.4 Å². The highest BCUT2D eigenvalue weighted by atomic mass is 15.2. The van der Waals surface area contributed by atoms with Crippen LogP contribution in [0.25, 0.3) is 11.3 Å². The van der Waals surface area contributed by atoms with Crippen LogP contribution in [-0.2, 0) is 13.0 Å². The van der Waals surface area contributed by atoms with Gasteiger partial charge in [0.25, 0.3) is 0 Å². The molecule has 0 amide bonds. The highest BCUT2D eigenvalue weighted by molar-refractivity contribution is 5.62. The van der Waals surface area contributed by atoms with Crippen molar-refractivity contribution < 1.29 is 0 Å². The monoisotopic (exact) mass is 370 g/mol. The normalized spacial score (nSPS) is 16.8. The van der Waals surface area contributed by atoms with Crippen LogP contribution in [0.3, 0.4) is 0 Å². The lowest BCUT2D eigenvalue weighted by Crippen LogP contribution is -2.35. The van der Waals surface area contributed by atoms with Crippen molar-refractivity contribution in [1.29, 1.82) is 0 Å². The van der Waals surface area contributed by atoms with E-state index in [0.717, 1.165) is 36.5 Å². The smallest absolute Gasteiger partial charge is 0.0926 e. The first-order chi connectivity index (χ1) is 13.8. The van der Waals surface area contributed by atoms with E-state index in [9.17, 15) is 0 Å². The summed E-state index contributed by atoms with van der Waals surface area (Å²) in [7, 11) is 0. The molecule has 0 aliphatic carbocycles. The molecule has 5 rings (SSSR count). The van der Waals surface area contributed by atoms with E-state index in [1.807, 2.05) is 18.6 Å². The van der Waals surface area contributed by atoms with Gasteiger partial charge in [-0.05, 0) is 30.2 Å². The van der Waals surface area contributed by atoms with Crippen molar-refractivity contribution >= 4 is 0 Å². The molecule has 3 aromatic heterocycles. The molecular weight excluding hydrogens is 348 g/mol. The van der Waals surface area contributed by atoms with Gasteiger partial charge in [0.05, 0.1) is 30.0 Å². The van der Waals surface area contributed by atoms with Crippen LogP contribution in [0.2, 0.25) is 0 Å². The quantitative estimate of drug-likeness (QED) is 0.575. The van der Waals surface area contributed by atoms with Gasteiger partial charge in [-0.3, -0.25) is 15.0 Å². The van der Waals surface area contributed by atoms with Crippen molar-refractivity contribution in [3.63, 3.8) is 0 Å². The second kappa shape index (κ2) is 7.05. The first-order valence-electron chi connectivity index (χ1n) is 9.55. The Kier molecular flexibility index (Phi) is 4.25. The van der Waals surface area contributed by atoms with Gasteiger partial charge >= 0.3 is 0 Å². The number of hydrogen-bond acceptors (Lipinski definition) is 4. The van der Waals surface area contributed by atoms with E-state index in [1.54, 1.807) is 6.33 Å². The van der Waals surface area contributed by atoms with E-state index >= 15 is 0 Å². The van der Waals surface area contributed by atoms with Crippen molar-refractivity contribution in [3.05, 3.63) is 89.4 Å². The third kappa shape index (κ3) is 3.01. The van der Waals surface area contributed by atoms with E-state index in [1.165, 1.54) is 22.4 Å². The maximum absolute atomic E-state index is 4.64. The zero-order valence-corrected chi connectivity index (χ0v) is 15.8. The fourth-order valence-electron chi connectivity index (χ4n) is 4.03. The Hall–Kier alpha value is -3.25. The van der Waals surface area contributed by atoms with Crippen LogP contribution < -0.4 is 0 Å². The third-order valence-corrected chi connectivity index (χ3v) is 5.48. The molecule has 140 valence electrons. The molecule has 0 fully saturated rings. The van der Waals surface area contributed by atoms with Gasteiger partial charge < -0.3 is 4.98 Å². The van der Waals surface area contributed by atoms with Crippen LogP contribution in [-0.4, -0.2) is 36.6 Å². The maximum Gasteiger partial charge on any atom is 0.0926 e. The minimum Gasteiger partial charge on any atom is -0.348 e. The molecule has 1 aromatic carbocycles. The molecule has 2 N–H and O–H groups in total. The van der Waals surface area contributed by atoms with Gasteiger partial charge in [-0.25, -0.2) is 4.98 Å². The molecule has 4 aromatic rings. The molecule has 1 aliphatic rings. The molecule has 1 aliphatic heterocycles. The molecule has 6 heteroatoms. The highest BCUT2D eigenvalue weighted by Crippen LogP contribution is 2.35. The minimum absolute atomic E-state index is 0.110. The summed E-state index contributed by atoms with van der Waals surface area (Å²) in [6, 6.07) is 12.8. The number of aromatic amines is 2. The third-order valence-electron chi connectivity index (χ3n) is 5.48. The molecule has 0 bridgehead atoms. The largest absolute Gasteiger partial charge is 0.348 e.